The second-order valence-electron chi connectivity index (χ2n) is 14.6. The zero-order chi connectivity index (χ0) is 47.0. The number of carboxylic acids is 1. The van der Waals surface area contributed by atoms with E-state index in [0.29, 0.717) is 18.6 Å². The lowest BCUT2D eigenvalue weighted by atomic mass is 9.87. The molecule has 1 aliphatic heterocycles. The number of carboxylic acid groups (broad SMARTS) is 1. The Morgan fingerprint density at radius 3 is 2.33 bits per heavy atom. The third kappa shape index (κ3) is 19.0. The Kier molecular flexibility index (Phi) is 21.4. The van der Waals surface area contributed by atoms with Crippen molar-refractivity contribution in [2.75, 3.05) is 37.8 Å². The number of aliphatic carboxylic acids is 1. The quantitative estimate of drug-likeness (QED) is 0.0313. The van der Waals surface area contributed by atoms with Crippen molar-refractivity contribution in [3.8, 4) is 0 Å². The molecule has 2 amide bonds. The van der Waals surface area contributed by atoms with Gasteiger partial charge in [-0.15, -0.1) is 0 Å². The van der Waals surface area contributed by atoms with E-state index in [1.807, 2.05) is 12.2 Å². The number of hydrogen-bond donors (Lipinski definition) is 10. The number of ether oxygens (including phenoxy) is 1. The summed E-state index contributed by atoms with van der Waals surface area (Å²) < 4.78 is 62.2. The number of phosphoric ester groups is 3. The molecule has 7 unspecified atom stereocenters. The van der Waals surface area contributed by atoms with Crippen LogP contribution >= 0.6 is 35.2 Å². The maximum absolute atomic E-state index is 12.7. The van der Waals surface area contributed by atoms with Crippen molar-refractivity contribution in [1.29, 1.82) is 0 Å². The molecule has 3 rings (SSSR count). The van der Waals surface area contributed by atoms with Crippen molar-refractivity contribution < 1.29 is 90.4 Å². The number of thioether (sulfide) groups is 1. The summed E-state index contributed by atoms with van der Waals surface area (Å²) >= 11 is 1.09. The zero-order valence-electron chi connectivity index (χ0n) is 34.2. The lowest BCUT2D eigenvalue weighted by Crippen LogP contribution is -2.46. The highest BCUT2D eigenvalue weighted by atomic mass is 32.2. The van der Waals surface area contributed by atoms with Crippen LogP contribution in [0.5, 0.6) is 0 Å². The van der Waals surface area contributed by atoms with Crippen LogP contribution in [0.25, 0.3) is 11.2 Å². The average Bonchev–Trinajstić information content (AvgIpc) is 3.75. The van der Waals surface area contributed by atoms with Gasteiger partial charge < -0.3 is 56.0 Å². The Morgan fingerprint density at radius 1 is 0.952 bits per heavy atom. The number of allylic oxidation sites excluding steroid dienone is 2. The summed E-state index contributed by atoms with van der Waals surface area (Å²) in [4.78, 5) is 98.5. The van der Waals surface area contributed by atoms with Crippen LogP contribution in [0.4, 0.5) is 5.82 Å². The molecule has 1 aliphatic rings. The number of hydrogen-bond acceptors (Lipinski definition) is 19. The van der Waals surface area contributed by atoms with Crippen molar-refractivity contribution in [2.24, 2.45) is 5.41 Å². The van der Waals surface area contributed by atoms with Gasteiger partial charge in [0.1, 0.15) is 36.3 Å². The van der Waals surface area contributed by atoms with Crippen LogP contribution in [0.1, 0.15) is 77.9 Å². The first-order chi connectivity index (χ1) is 29.4. The maximum atomic E-state index is 12.7. The monoisotopic (exact) mass is 977 g/mol. The highest BCUT2D eigenvalue weighted by Crippen LogP contribution is 2.61. The van der Waals surface area contributed by atoms with Crippen LogP contribution in [0.2, 0.25) is 0 Å². The summed E-state index contributed by atoms with van der Waals surface area (Å²) in [6, 6.07) is 0. The molecule has 0 aromatic carbocycles. The van der Waals surface area contributed by atoms with Gasteiger partial charge in [-0.05, 0) is 25.7 Å². The molecule has 1 fully saturated rings. The number of nitrogen functional groups attached to an aromatic ring is 1. The largest absolute Gasteiger partial charge is 0.481 e. The molecule has 30 heteroatoms. The average molecular weight is 978 g/mol. The summed E-state index contributed by atoms with van der Waals surface area (Å²) in [5.74, 6) is -1.97. The van der Waals surface area contributed by atoms with E-state index in [-0.39, 0.29) is 48.0 Å². The molecule has 7 atom stereocenters. The van der Waals surface area contributed by atoms with Crippen molar-refractivity contribution in [3.05, 3.63) is 24.8 Å². The second-order valence-corrected chi connectivity index (χ2v) is 20.0. The minimum absolute atomic E-state index is 0.00486. The highest BCUT2D eigenvalue weighted by Gasteiger charge is 2.50. The molecular weight excluding hydrogens is 923 g/mol. The Labute approximate surface area is 365 Å². The Balaban J connectivity index is 1.36. The molecule has 0 spiro atoms. The fraction of sp³-hybridized carbons (Fsp3) is 0.667. The SMILES string of the molecule is CC(C)(COP(=O)(O)OP(=O)(O)OCC1OC(n2cnc3c(N)ncnc32)C(O)C1OP(=O)(O)O)C(O)C(=O)NCCC(=O)NCCSC(=O)CCCCCC/C=C/CCC(=O)O. The number of rotatable bonds is 29. The van der Waals surface area contributed by atoms with Gasteiger partial charge in [0.15, 0.2) is 22.8 Å². The minimum Gasteiger partial charge on any atom is -0.481 e. The number of phosphoric acid groups is 3. The van der Waals surface area contributed by atoms with Gasteiger partial charge >= 0.3 is 29.4 Å². The molecule has 2 aromatic rings. The van der Waals surface area contributed by atoms with Crippen LogP contribution in [0, 0.1) is 5.41 Å². The van der Waals surface area contributed by atoms with Gasteiger partial charge in [0.2, 0.25) is 11.8 Å². The van der Waals surface area contributed by atoms with E-state index in [4.69, 9.17) is 24.6 Å². The molecule has 63 heavy (non-hydrogen) atoms. The standard InChI is InChI=1S/C33H54N7O19P3S/c1-33(2,28(46)31(47)36-14-13-22(41)35-15-16-63-24(44)12-10-8-6-4-3-5-7-9-11-23(42)43)18-56-62(53,54)59-61(51,52)55-17-21-27(58-60(48,49)50)26(45)32(57-21)40-20-39-25-29(34)37-19-38-30(25)40/h5,7,19-21,26-28,32,45-46H,3-4,6,8-18H2,1-2H3,(H,35,41)(H,36,47)(H,42,43)(H,51,52)(H,53,54)(H2,34,37,38)(H2,48,49,50)/b7-5+. The van der Waals surface area contributed by atoms with Crippen molar-refractivity contribution in [2.45, 2.75) is 102 Å². The van der Waals surface area contributed by atoms with Crippen LogP contribution in [-0.2, 0) is 55.5 Å². The Hall–Kier alpha value is -3.23. The smallest absolute Gasteiger partial charge is 0.481 e. The van der Waals surface area contributed by atoms with Crippen molar-refractivity contribution >= 4 is 75.1 Å². The van der Waals surface area contributed by atoms with E-state index in [1.165, 1.54) is 13.8 Å². The summed E-state index contributed by atoms with van der Waals surface area (Å²) in [6.45, 7) is 0.439. The van der Waals surface area contributed by atoms with Crippen LogP contribution in [0.3, 0.4) is 0 Å². The number of carbonyl (C=O) groups excluding carboxylic acids is 3. The second kappa shape index (κ2) is 24.9. The zero-order valence-corrected chi connectivity index (χ0v) is 37.7. The summed E-state index contributed by atoms with van der Waals surface area (Å²) in [7, 11) is -16.4. The number of anilines is 1. The van der Waals surface area contributed by atoms with Gasteiger partial charge in [-0.1, -0.05) is 50.6 Å². The van der Waals surface area contributed by atoms with E-state index >= 15 is 0 Å². The van der Waals surface area contributed by atoms with E-state index in [0.717, 1.165) is 61.1 Å². The van der Waals surface area contributed by atoms with Crippen LogP contribution in [0.15, 0.2) is 24.8 Å². The van der Waals surface area contributed by atoms with Gasteiger partial charge in [0.25, 0.3) is 0 Å². The first-order valence-corrected chi connectivity index (χ1v) is 24.8. The number of amides is 2. The van der Waals surface area contributed by atoms with Gasteiger partial charge in [-0.3, -0.25) is 37.3 Å². The van der Waals surface area contributed by atoms with Gasteiger partial charge in [-0.2, -0.15) is 4.31 Å². The number of aliphatic hydroxyl groups is 2. The van der Waals surface area contributed by atoms with Crippen molar-refractivity contribution in [1.82, 2.24) is 30.2 Å². The van der Waals surface area contributed by atoms with Crippen LogP contribution < -0.4 is 16.4 Å². The molecular formula is C33H54N7O19P3S. The normalized spacial score (nSPS) is 20.6. The molecule has 0 aliphatic carbocycles. The fourth-order valence-electron chi connectivity index (χ4n) is 5.69. The predicted octanol–water partition coefficient (Wildman–Crippen LogP) is 1.43. The number of carbonyl (C=O) groups is 4. The molecule has 3 heterocycles. The van der Waals surface area contributed by atoms with Gasteiger partial charge in [0.05, 0.1) is 19.5 Å². The number of aliphatic hydroxyl groups excluding tert-OH is 2. The molecule has 11 N–H and O–H groups in total. The van der Waals surface area contributed by atoms with E-state index < -0.39 is 90.5 Å². The minimum atomic E-state index is -5.58. The summed E-state index contributed by atoms with van der Waals surface area (Å²) in [5, 5.41) is 35.1. The first kappa shape index (κ1) is 54.1. The molecule has 26 nitrogen and oxygen atoms in total. The fourth-order valence-corrected chi connectivity index (χ4v) is 9.24. The molecule has 0 bridgehead atoms. The van der Waals surface area contributed by atoms with Gasteiger partial charge in [-0.25, -0.2) is 28.6 Å². The number of nitrogens with one attached hydrogen (secondary N) is 2. The molecule has 356 valence electrons. The number of fused-ring (bicyclic) bond motifs is 1. The van der Waals surface area contributed by atoms with Gasteiger partial charge in [0, 0.05) is 43.5 Å². The molecule has 1 saturated heterocycles. The van der Waals surface area contributed by atoms with E-state index in [1.54, 1.807) is 0 Å². The summed E-state index contributed by atoms with van der Waals surface area (Å²) in [6.07, 6.45) is 2.21. The number of imidazole rings is 1. The van der Waals surface area contributed by atoms with E-state index in [2.05, 4.69) is 34.4 Å². The Bertz CT molecular complexity index is 2040. The predicted molar refractivity (Wildman–Crippen MR) is 221 cm³/mol. The molecule has 0 radical (unpaired) electrons. The third-order valence-corrected chi connectivity index (χ3v) is 13.0. The molecule has 0 saturated carbocycles. The topological polar surface area (TPSA) is 401 Å². The molecule has 2 aromatic heterocycles. The number of nitrogens with two attached hydrogens (primary N) is 1. The number of unbranched alkanes of at least 4 members (excludes halogenated alkanes) is 4. The van der Waals surface area contributed by atoms with Crippen LogP contribution in [-0.4, -0.2) is 134 Å². The highest BCUT2D eigenvalue weighted by molar-refractivity contribution is 8.13. The van der Waals surface area contributed by atoms with Crippen molar-refractivity contribution in [3.63, 3.8) is 0 Å². The lowest BCUT2D eigenvalue weighted by Gasteiger charge is -2.30. The van der Waals surface area contributed by atoms with E-state index in [9.17, 15) is 62.7 Å². The maximum Gasteiger partial charge on any atom is 0.481 e. The first-order valence-electron chi connectivity index (χ1n) is 19.3. The lowest BCUT2D eigenvalue weighted by molar-refractivity contribution is -0.137. The number of aromatic nitrogens is 4. The summed E-state index contributed by atoms with van der Waals surface area (Å²) in [5.41, 5.74) is 4.24. The Morgan fingerprint density at radius 2 is 1.63 bits per heavy atom. The third-order valence-electron chi connectivity index (χ3n) is 8.96. The number of nitrogens with zero attached hydrogens (tertiary/aromatic N) is 4.